The fourth-order valence-electron chi connectivity index (χ4n) is 4.17. The number of pyridine rings is 2. The lowest BCUT2D eigenvalue weighted by atomic mass is 9.96. The zero-order valence-electron chi connectivity index (χ0n) is 22.0. The predicted molar refractivity (Wildman–Crippen MR) is 150 cm³/mol. The van der Waals surface area contributed by atoms with Crippen LogP contribution in [0.5, 0.6) is 0 Å². The molecule has 6 rings (SSSR count). The molecule has 0 aliphatic rings. The number of benzene rings is 2. The molecule has 4 N–H and O–H groups in total. The van der Waals surface area contributed by atoms with E-state index in [1.165, 1.54) is 0 Å². The van der Waals surface area contributed by atoms with E-state index in [9.17, 15) is 13.2 Å². The molecule has 0 saturated heterocycles. The number of rotatable bonds is 5. The number of carboxylic acids is 1. The van der Waals surface area contributed by atoms with Gasteiger partial charge in [-0.2, -0.15) is 23.4 Å². The van der Waals surface area contributed by atoms with Crippen LogP contribution in [0.1, 0.15) is 5.56 Å². The molecule has 0 bridgehead atoms. The third kappa shape index (κ3) is 6.00. The van der Waals surface area contributed by atoms with Crippen molar-refractivity contribution in [1.29, 1.82) is 0 Å². The van der Waals surface area contributed by atoms with Gasteiger partial charge in [-0.25, -0.2) is 14.8 Å². The number of carbonyl (C=O) groups is 1. The van der Waals surface area contributed by atoms with Crippen LogP contribution in [0.25, 0.3) is 56.2 Å². The Hall–Kier alpha value is -5.43. The topological polar surface area (TPSA) is 148 Å². The Balaban J connectivity index is 0.000000451. The predicted octanol–water partition coefficient (Wildman–Crippen LogP) is 5.24. The maximum atomic E-state index is 10.6. The molecular weight excluding hydrogens is 549 g/mol. The van der Waals surface area contributed by atoms with Gasteiger partial charge in [0, 0.05) is 42.5 Å². The van der Waals surface area contributed by atoms with Crippen molar-refractivity contribution in [1.82, 2.24) is 34.9 Å². The highest BCUT2D eigenvalue weighted by molar-refractivity contribution is 5.97. The second kappa shape index (κ2) is 11.6. The number of carboxylic acid groups (broad SMARTS) is 1. The van der Waals surface area contributed by atoms with Crippen LogP contribution in [-0.4, -0.2) is 52.2 Å². The number of hydrogen-bond acceptors (Lipinski definition) is 7. The zero-order valence-corrected chi connectivity index (χ0v) is 22.0. The van der Waals surface area contributed by atoms with Gasteiger partial charge in [0.25, 0.3) is 0 Å². The van der Waals surface area contributed by atoms with E-state index < -0.39 is 12.1 Å². The molecule has 4 aromatic heterocycles. The summed E-state index contributed by atoms with van der Waals surface area (Å²) in [7, 11) is 1.86. The van der Waals surface area contributed by atoms with Crippen molar-refractivity contribution in [2.45, 2.75) is 12.7 Å². The standard InChI is InChI=1S/C27H22N8.C2HF3O2/c1-35-16-20(15-30-35)26-32-27(34-33-26)25-22-13-21(18-5-3-2-4-6-18)24(31-23(22)11-12-29-25)19-9-7-17(14-28)8-10-19;3-2(4,5)1(6)7/h2-13,15-16H,14,28H2,1H3,(H,32,33,34);(H,6,7). The van der Waals surface area contributed by atoms with Gasteiger partial charge in [-0.3, -0.25) is 14.8 Å². The van der Waals surface area contributed by atoms with Crippen LogP contribution in [0, 0.1) is 0 Å². The summed E-state index contributed by atoms with van der Waals surface area (Å²) < 4.78 is 33.5. The number of H-pyrrole nitrogens is 1. The Kier molecular flexibility index (Phi) is 7.76. The fraction of sp³-hybridized carbons (Fsp3) is 0.103. The number of nitrogens with zero attached hydrogens (tertiary/aromatic N) is 6. The summed E-state index contributed by atoms with van der Waals surface area (Å²) in [5.41, 5.74) is 13.3. The lowest BCUT2D eigenvalue weighted by Gasteiger charge is -2.13. The lowest BCUT2D eigenvalue weighted by Crippen LogP contribution is -2.21. The highest BCUT2D eigenvalue weighted by atomic mass is 19.4. The molecule has 2 aromatic carbocycles. The van der Waals surface area contributed by atoms with Crippen molar-refractivity contribution in [3.05, 3.63) is 90.9 Å². The smallest absolute Gasteiger partial charge is 0.475 e. The molecule has 6 aromatic rings. The first-order chi connectivity index (χ1) is 20.1. The molecule has 0 radical (unpaired) electrons. The Morgan fingerprint density at radius 2 is 1.69 bits per heavy atom. The summed E-state index contributed by atoms with van der Waals surface area (Å²) in [6.45, 7) is 0.504. The molecule has 10 nitrogen and oxygen atoms in total. The van der Waals surface area contributed by atoms with Gasteiger partial charge in [0.1, 0.15) is 5.69 Å². The molecule has 0 unspecified atom stereocenters. The number of nitrogens with one attached hydrogen (secondary N) is 1. The maximum Gasteiger partial charge on any atom is 0.490 e. The van der Waals surface area contributed by atoms with E-state index in [0.717, 1.165) is 44.4 Å². The number of halogens is 3. The first-order valence-corrected chi connectivity index (χ1v) is 12.5. The van der Waals surface area contributed by atoms with E-state index in [0.29, 0.717) is 23.9 Å². The minimum Gasteiger partial charge on any atom is -0.475 e. The van der Waals surface area contributed by atoms with Crippen LogP contribution < -0.4 is 5.73 Å². The SMILES string of the molecule is Cn1cc(-c2n[nH]c(-c3nccc4nc(-c5ccc(CN)cc5)c(-c5ccccc5)cc34)n2)cn1.O=C(O)C(F)(F)F. The third-order valence-electron chi connectivity index (χ3n) is 6.21. The molecule has 4 heterocycles. The lowest BCUT2D eigenvalue weighted by molar-refractivity contribution is -0.192. The number of aliphatic carboxylic acids is 1. The van der Waals surface area contributed by atoms with E-state index >= 15 is 0 Å². The Bertz CT molecular complexity index is 1850. The average molecular weight is 573 g/mol. The molecule has 0 spiro atoms. The van der Waals surface area contributed by atoms with Gasteiger partial charge in [-0.1, -0.05) is 54.6 Å². The number of hydrogen-bond donors (Lipinski definition) is 3. The van der Waals surface area contributed by atoms with Crippen molar-refractivity contribution in [3.63, 3.8) is 0 Å². The molecule has 13 heteroatoms. The van der Waals surface area contributed by atoms with Gasteiger partial charge in [0.2, 0.25) is 0 Å². The average Bonchev–Trinajstić information content (AvgIpc) is 3.66. The first kappa shape index (κ1) is 28.1. The summed E-state index contributed by atoms with van der Waals surface area (Å²) in [6.07, 6.45) is 0.280. The Labute approximate surface area is 236 Å². The van der Waals surface area contributed by atoms with Gasteiger partial charge < -0.3 is 10.8 Å². The van der Waals surface area contributed by atoms with Gasteiger partial charge in [-0.05, 0) is 23.3 Å². The van der Waals surface area contributed by atoms with E-state index in [1.54, 1.807) is 17.1 Å². The highest BCUT2D eigenvalue weighted by Crippen LogP contribution is 2.36. The van der Waals surface area contributed by atoms with Crippen LogP contribution in [0.15, 0.2) is 85.3 Å². The normalized spacial score (nSPS) is 11.3. The van der Waals surface area contributed by atoms with Gasteiger partial charge in [0.05, 0.1) is 23.0 Å². The molecular formula is C29H23F3N8O2. The molecule has 0 fully saturated rings. The fourth-order valence-corrected chi connectivity index (χ4v) is 4.17. The van der Waals surface area contributed by atoms with Gasteiger partial charge in [-0.15, -0.1) is 0 Å². The van der Waals surface area contributed by atoms with E-state index in [2.05, 4.69) is 50.6 Å². The second-order valence-corrected chi connectivity index (χ2v) is 9.09. The number of fused-ring (bicyclic) bond motifs is 1. The van der Waals surface area contributed by atoms with E-state index in [4.69, 9.17) is 25.6 Å². The second-order valence-electron chi connectivity index (χ2n) is 9.09. The maximum absolute atomic E-state index is 10.6. The van der Waals surface area contributed by atoms with Crippen molar-refractivity contribution >= 4 is 16.9 Å². The highest BCUT2D eigenvalue weighted by Gasteiger charge is 2.38. The van der Waals surface area contributed by atoms with Crippen LogP contribution in [0.3, 0.4) is 0 Å². The van der Waals surface area contributed by atoms with Crippen molar-refractivity contribution in [2.75, 3.05) is 0 Å². The van der Waals surface area contributed by atoms with Crippen LogP contribution in [0.4, 0.5) is 13.2 Å². The summed E-state index contributed by atoms with van der Waals surface area (Å²) in [6, 6.07) is 22.5. The minimum atomic E-state index is -5.08. The van der Waals surface area contributed by atoms with Crippen molar-refractivity contribution in [3.8, 4) is 45.3 Å². The van der Waals surface area contributed by atoms with E-state index in [1.807, 2.05) is 49.6 Å². The van der Waals surface area contributed by atoms with Crippen molar-refractivity contribution < 1.29 is 23.1 Å². The van der Waals surface area contributed by atoms with E-state index in [-0.39, 0.29) is 0 Å². The number of alkyl halides is 3. The van der Waals surface area contributed by atoms with Gasteiger partial charge >= 0.3 is 12.1 Å². The Morgan fingerprint density at radius 1 is 0.976 bits per heavy atom. The molecule has 0 saturated carbocycles. The quantitative estimate of drug-likeness (QED) is 0.254. The molecule has 0 aliphatic heterocycles. The zero-order chi connectivity index (χ0) is 29.9. The molecule has 0 aliphatic carbocycles. The van der Waals surface area contributed by atoms with Crippen LogP contribution in [0.2, 0.25) is 0 Å². The molecule has 212 valence electrons. The Morgan fingerprint density at radius 3 is 2.31 bits per heavy atom. The van der Waals surface area contributed by atoms with Gasteiger partial charge in [0.15, 0.2) is 11.6 Å². The minimum absolute atomic E-state index is 0.504. The third-order valence-corrected chi connectivity index (χ3v) is 6.21. The number of aromatic amines is 1. The summed E-state index contributed by atoms with van der Waals surface area (Å²) in [5.74, 6) is -1.61. The monoisotopic (exact) mass is 572 g/mol. The summed E-state index contributed by atoms with van der Waals surface area (Å²) in [5, 5.41) is 19.7. The van der Waals surface area contributed by atoms with Crippen LogP contribution in [-0.2, 0) is 18.4 Å². The van der Waals surface area contributed by atoms with Crippen molar-refractivity contribution in [2.24, 2.45) is 12.8 Å². The number of aromatic nitrogens is 7. The number of aryl methyl sites for hydroxylation is 1. The molecule has 0 amide bonds. The molecule has 0 atom stereocenters. The first-order valence-electron chi connectivity index (χ1n) is 12.5. The van der Waals surface area contributed by atoms with Crippen LogP contribution >= 0.6 is 0 Å². The summed E-state index contributed by atoms with van der Waals surface area (Å²) in [4.78, 5) is 23.3. The summed E-state index contributed by atoms with van der Waals surface area (Å²) >= 11 is 0. The largest absolute Gasteiger partial charge is 0.490 e. The number of nitrogens with two attached hydrogens (primary N) is 1. The molecule has 42 heavy (non-hydrogen) atoms.